The van der Waals surface area contributed by atoms with Crippen LogP contribution in [0.25, 0.3) is 0 Å². The van der Waals surface area contributed by atoms with E-state index in [9.17, 15) is 9.59 Å². The summed E-state index contributed by atoms with van der Waals surface area (Å²) < 4.78 is 0. The lowest BCUT2D eigenvalue weighted by Gasteiger charge is -2.33. The summed E-state index contributed by atoms with van der Waals surface area (Å²) in [5.74, 6) is -0.249. The molecule has 19 heavy (non-hydrogen) atoms. The quantitative estimate of drug-likeness (QED) is 0.626. The maximum atomic E-state index is 11.8. The highest BCUT2D eigenvalue weighted by atomic mass is 16.4. The number of aromatic nitrogens is 3. The normalized spacial score (nSPS) is 16.3. The second-order valence-corrected chi connectivity index (χ2v) is 4.25. The number of hydrogen-bond donors (Lipinski definition) is 3. The highest BCUT2D eigenvalue weighted by molar-refractivity contribution is 5.74. The summed E-state index contributed by atoms with van der Waals surface area (Å²) in [5, 5.41) is 17.8. The number of carboxylic acid groups (broad SMARTS) is 1. The van der Waals surface area contributed by atoms with Gasteiger partial charge in [0.25, 0.3) is 0 Å². The van der Waals surface area contributed by atoms with E-state index in [1.807, 2.05) is 4.90 Å². The molecule has 2 rings (SSSR count). The van der Waals surface area contributed by atoms with Crippen LogP contribution in [-0.4, -0.2) is 74.8 Å². The molecule has 2 amide bonds. The number of hydrogen-bond acceptors (Lipinski definition) is 5. The van der Waals surface area contributed by atoms with Gasteiger partial charge in [-0.3, -0.25) is 14.8 Å². The fourth-order valence-corrected chi connectivity index (χ4v) is 1.89. The van der Waals surface area contributed by atoms with Crippen molar-refractivity contribution in [2.45, 2.75) is 6.54 Å². The van der Waals surface area contributed by atoms with Gasteiger partial charge in [-0.25, -0.2) is 9.78 Å². The topological polar surface area (TPSA) is 114 Å². The van der Waals surface area contributed by atoms with Gasteiger partial charge in [0, 0.05) is 26.2 Å². The van der Waals surface area contributed by atoms with E-state index < -0.39 is 5.97 Å². The number of rotatable bonds is 4. The van der Waals surface area contributed by atoms with Crippen molar-refractivity contribution in [3.05, 3.63) is 12.2 Å². The number of nitrogens with one attached hydrogen (secondary N) is 2. The molecule has 0 saturated carbocycles. The van der Waals surface area contributed by atoms with Gasteiger partial charge in [-0.05, 0) is 0 Å². The minimum absolute atomic E-state index is 0.0214. The number of piperazine rings is 1. The van der Waals surface area contributed by atoms with Gasteiger partial charge in [0.1, 0.15) is 12.2 Å². The summed E-state index contributed by atoms with van der Waals surface area (Å²) in [6.45, 7) is 2.51. The third-order valence-corrected chi connectivity index (χ3v) is 2.89. The number of amides is 2. The lowest BCUT2D eigenvalue weighted by atomic mass is 10.3. The van der Waals surface area contributed by atoms with E-state index in [0.29, 0.717) is 38.5 Å². The molecule has 1 aromatic heterocycles. The molecule has 0 atom stereocenters. The summed E-state index contributed by atoms with van der Waals surface area (Å²) in [5.41, 5.74) is 0. The molecular weight excluding hydrogens is 252 g/mol. The molecule has 104 valence electrons. The van der Waals surface area contributed by atoms with Crippen LogP contribution in [0.1, 0.15) is 5.82 Å². The zero-order valence-corrected chi connectivity index (χ0v) is 10.4. The van der Waals surface area contributed by atoms with Crippen LogP contribution in [0.2, 0.25) is 0 Å². The average molecular weight is 268 g/mol. The first-order chi connectivity index (χ1) is 9.15. The summed E-state index contributed by atoms with van der Waals surface area (Å²) in [6, 6.07) is -0.175. The molecule has 1 aromatic rings. The van der Waals surface area contributed by atoms with E-state index in [4.69, 9.17) is 5.11 Å². The van der Waals surface area contributed by atoms with Crippen LogP contribution in [0.3, 0.4) is 0 Å². The van der Waals surface area contributed by atoms with E-state index in [1.54, 1.807) is 4.90 Å². The molecule has 1 aliphatic heterocycles. The highest BCUT2D eigenvalue weighted by Crippen LogP contribution is 2.02. The molecule has 0 unspecified atom stereocenters. The van der Waals surface area contributed by atoms with E-state index in [0.717, 1.165) is 0 Å². The monoisotopic (exact) mass is 268 g/mol. The van der Waals surface area contributed by atoms with Crippen molar-refractivity contribution < 1.29 is 14.7 Å². The Labute approximate surface area is 109 Å². The first-order valence-electron chi connectivity index (χ1n) is 5.96. The van der Waals surface area contributed by atoms with Gasteiger partial charge < -0.3 is 15.3 Å². The zero-order chi connectivity index (χ0) is 13.7. The van der Waals surface area contributed by atoms with E-state index in [2.05, 4.69) is 20.5 Å². The van der Waals surface area contributed by atoms with Crippen molar-refractivity contribution in [2.75, 3.05) is 32.7 Å². The lowest BCUT2D eigenvalue weighted by molar-refractivity contribution is -0.138. The average Bonchev–Trinajstić information content (AvgIpc) is 2.89. The fraction of sp³-hybridized carbons (Fsp3) is 0.600. The number of nitrogens with zero attached hydrogens (tertiary/aromatic N) is 4. The zero-order valence-electron chi connectivity index (χ0n) is 10.4. The first kappa shape index (κ1) is 13.3. The first-order valence-corrected chi connectivity index (χ1v) is 5.96. The highest BCUT2D eigenvalue weighted by Gasteiger charge is 2.22. The molecule has 1 aliphatic rings. The Morgan fingerprint density at radius 1 is 1.37 bits per heavy atom. The number of aliphatic carboxylic acids is 1. The lowest BCUT2D eigenvalue weighted by Crippen LogP contribution is -2.52. The van der Waals surface area contributed by atoms with Crippen LogP contribution >= 0.6 is 0 Å². The molecule has 0 aromatic carbocycles. The van der Waals surface area contributed by atoms with Crippen molar-refractivity contribution in [3.8, 4) is 0 Å². The third kappa shape index (κ3) is 3.91. The Kier molecular flexibility index (Phi) is 4.29. The molecule has 9 nitrogen and oxygen atoms in total. The van der Waals surface area contributed by atoms with Crippen LogP contribution in [0.4, 0.5) is 4.79 Å². The smallest absolute Gasteiger partial charge is 0.317 e. The molecule has 0 spiro atoms. The third-order valence-electron chi connectivity index (χ3n) is 2.89. The largest absolute Gasteiger partial charge is 0.480 e. The Bertz CT molecular complexity index is 426. The number of carbonyl (C=O) groups excluding carboxylic acids is 1. The van der Waals surface area contributed by atoms with Crippen molar-refractivity contribution in [1.29, 1.82) is 0 Å². The Balaban J connectivity index is 1.71. The van der Waals surface area contributed by atoms with Gasteiger partial charge in [-0.2, -0.15) is 5.10 Å². The molecule has 1 saturated heterocycles. The summed E-state index contributed by atoms with van der Waals surface area (Å²) in [4.78, 5) is 29.8. The summed E-state index contributed by atoms with van der Waals surface area (Å²) in [7, 11) is 0. The Hall–Kier alpha value is -2.16. The number of carbonyl (C=O) groups is 2. The summed E-state index contributed by atoms with van der Waals surface area (Å²) >= 11 is 0. The van der Waals surface area contributed by atoms with Gasteiger partial charge in [0.15, 0.2) is 0 Å². The SMILES string of the molecule is O=C(O)CN1CCN(C(=O)NCc2ncn[nH]2)CC1. The van der Waals surface area contributed by atoms with E-state index >= 15 is 0 Å². The van der Waals surface area contributed by atoms with Crippen LogP contribution < -0.4 is 5.32 Å². The van der Waals surface area contributed by atoms with Crippen LogP contribution in [0.15, 0.2) is 6.33 Å². The Morgan fingerprint density at radius 3 is 2.68 bits per heavy atom. The van der Waals surface area contributed by atoms with Crippen molar-refractivity contribution >= 4 is 12.0 Å². The second kappa shape index (κ2) is 6.14. The minimum Gasteiger partial charge on any atom is -0.480 e. The Morgan fingerprint density at radius 2 is 2.11 bits per heavy atom. The number of carboxylic acids is 1. The van der Waals surface area contributed by atoms with E-state index in [1.165, 1.54) is 6.33 Å². The van der Waals surface area contributed by atoms with Crippen LogP contribution in [-0.2, 0) is 11.3 Å². The minimum atomic E-state index is -0.844. The molecule has 0 aliphatic carbocycles. The van der Waals surface area contributed by atoms with Crippen molar-refractivity contribution in [3.63, 3.8) is 0 Å². The van der Waals surface area contributed by atoms with Crippen molar-refractivity contribution in [2.24, 2.45) is 0 Å². The standard InChI is InChI=1S/C10H16N6O3/c17-9(18)6-15-1-3-16(4-2-15)10(19)11-5-8-12-7-13-14-8/h7H,1-6H2,(H,11,19)(H,17,18)(H,12,13,14). The number of H-pyrrole nitrogens is 1. The molecule has 0 radical (unpaired) electrons. The van der Waals surface area contributed by atoms with Gasteiger partial charge in [0.05, 0.1) is 13.1 Å². The molecule has 3 N–H and O–H groups in total. The maximum absolute atomic E-state index is 11.8. The number of urea groups is 1. The van der Waals surface area contributed by atoms with Crippen LogP contribution in [0, 0.1) is 0 Å². The van der Waals surface area contributed by atoms with Gasteiger partial charge >= 0.3 is 12.0 Å². The van der Waals surface area contributed by atoms with Gasteiger partial charge in [0.2, 0.25) is 0 Å². The number of aromatic amines is 1. The predicted molar refractivity (Wildman–Crippen MR) is 64.3 cm³/mol. The van der Waals surface area contributed by atoms with Gasteiger partial charge in [-0.15, -0.1) is 0 Å². The maximum Gasteiger partial charge on any atom is 0.317 e. The molecule has 9 heteroatoms. The fourth-order valence-electron chi connectivity index (χ4n) is 1.89. The van der Waals surface area contributed by atoms with Crippen molar-refractivity contribution in [1.82, 2.24) is 30.3 Å². The molecule has 2 heterocycles. The molecule has 0 bridgehead atoms. The predicted octanol–water partition coefficient (Wildman–Crippen LogP) is -1.28. The second-order valence-electron chi connectivity index (χ2n) is 4.25. The molecule has 1 fully saturated rings. The molecular formula is C10H16N6O3. The van der Waals surface area contributed by atoms with Crippen LogP contribution in [0.5, 0.6) is 0 Å². The van der Waals surface area contributed by atoms with Gasteiger partial charge in [-0.1, -0.05) is 0 Å². The van der Waals surface area contributed by atoms with E-state index in [-0.39, 0.29) is 12.6 Å². The summed E-state index contributed by atoms with van der Waals surface area (Å²) in [6.07, 6.45) is 1.38.